The van der Waals surface area contributed by atoms with Gasteiger partial charge in [-0.2, -0.15) is 0 Å². The molecule has 1 aromatic rings. The van der Waals surface area contributed by atoms with Crippen LogP contribution in [-0.4, -0.2) is 61.9 Å². The van der Waals surface area contributed by atoms with E-state index in [4.69, 9.17) is 21.1 Å². The third-order valence-corrected chi connectivity index (χ3v) is 5.88. The Bertz CT molecular complexity index is 688. The van der Waals surface area contributed by atoms with Crippen molar-refractivity contribution in [2.45, 2.75) is 24.7 Å². The number of carboxylic acids is 1. The zero-order chi connectivity index (χ0) is 18.8. The molecule has 1 N–H and O–H groups in total. The number of rotatable bonds is 5. The van der Waals surface area contributed by atoms with Gasteiger partial charge in [0.25, 0.3) is 0 Å². The lowest BCUT2D eigenvalue weighted by Crippen LogP contribution is -2.50. The maximum absolute atomic E-state index is 13.5. The van der Waals surface area contributed by atoms with Crippen LogP contribution in [0.15, 0.2) is 24.3 Å². The lowest BCUT2D eigenvalue weighted by Gasteiger charge is -2.39. The average molecular weight is 382 g/mol. The first-order valence-corrected chi connectivity index (χ1v) is 9.17. The molecule has 2 saturated heterocycles. The summed E-state index contributed by atoms with van der Waals surface area (Å²) in [5, 5.41) is 10.3. The summed E-state index contributed by atoms with van der Waals surface area (Å²) in [6, 6.07) is 7.39. The van der Waals surface area contributed by atoms with E-state index >= 15 is 0 Å². The lowest BCUT2D eigenvalue weighted by molar-refractivity contribution is -0.152. The second kappa shape index (κ2) is 7.55. The van der Waals surface area contributed by atoms with E-state index in [0.29, 0.717) is 44.0 Å². The summed E-state index contributed by atoms with van der Waals surface area (Å²) in [4.78, 5) is 27.0. The van der Waals surface area contributed by atoms with Crippen molar-refractivity contribution in [1.29, 1.82) is 0 Å². The molecule has 2 heterocycles. The van der Waals surface area contributed by atoms with Gasteiger partial charge in [-0.3, -0.25) is 9.59 Å². The van der Waals surface area contributed by atoms with Gasteiger partial charge in [0.15, 0.2) is 0 Å². The molecule has 0 saturated carbocycles. The number of halogens is 1. The van der Waals surface area contributed by atoms with Gasteiger partial charge in [0.2, 0.25) is 5.91 Å². The molecule has 0 spiro atoms. The van der Waals surface area contributed by atoms with Gasteiger partial charge in [0, 0.05) is 38.4 Å². The Labute approximate surface area is 158 Å². The Morgan fingerprint density at radius 2 is 2.04 bits per heavy atom. The third kappa shape index (κ3) is 3.33. The molecule has 7 heteroatoms. The van der Waals surface area contributed by atoms with Crippen molar-refractivity contribution >= 4 is 23.5 Å². The summed E-state index contributed by atoms with van der Waals surface area (Å²) in [5.41, 5.74) is -0.881. The number of likely N-dealkylation sites (tertiary alicyclic amines) is 1. The highest BCUT2D eigenvalue weighted by atomic mass is 35.5. The van der Waals surface area contributed by atoms with Crippen LogP contribution in [-0.2, 0) is 24.5 Å². The Balaban J connectivity index is 1.91. The highest BCUT2D eigenvalue weighted by Gasteiger charge is 2.51. The number of benzene rings is 1. The molecule has 0 bridgehead atoms. The molecule has 2 fully saturated rings. The van der Waals surface area contributed by atoms with E-state index in [1.807, 2.05) is 18.2 Å². The maximum Gasteiger partial charge on any atom is 0.313 e. The van der Waals surface area contributed by atoms with Crippen LogP contribution in [0.5, 0.6) is 0 Å². The Kier molecular flexibility index (Phi) is 5.55. The predicted molar refractivity (Wildman–Crippen MR) is 96.3 cm³/mol. The first-order chi connectivity index (χ1) is 12.4. The number of nitrogens with zero attached hydrogens (tertiary/aromatic N) is 1. The second-order valence-electron chi connectivity index (χ2n) is 7.20. The lowest BCUT2D eigenvalue weighted by atomic mass is 9.73. The Morgan fingerprint density at radius 3 is 2.65 bits per heavy atom. The largest absolute Gasteiger partial charge is 0.481 e. The number of carboxylic acid groups (broad SMARTS) is 1. The molecule has 1 aromatic carbocycles. The molecular formula is C19H24ClNO5. The summed E-state index contributed by atoms with van der Waals surface area (Å²) >= 11 is 6.17. The number of amides is 1. The van der Waals surface area contributed by atoms with E-state index in [1.165, 1.54) is 7.11 Å². The number of carbonyl (C=O) groups is 2. The number of hydrogen-bond donors (Lipinski definition) is 1. The molecule has 142 valence electrons. The summed E-state index contributed by atoms with van der Waals surface area (Å²) in [7, 11) is 1.49. The summed E-state index contributed by atoms with van der Waals surface area (Å²) in [6.45, 7) is 1.66. The van der Waals surface area contributed by atoms with Gasteiger partial charge in [-0.15, -0.1) is 0 Å². The Hall–Kier alpha value is -1.63. The fourth-order valence-corrected chi connectivity index (χ4v) is 4.30. The van der Waals surface area contributed by atoms with Crippen LogP contribution in [0.4, 0.5) is 0 Å². The smallest absolute Gasteiger partial charge is 0.313 e. The molecule has 0 radical (unpaired) electrons. The van der Waals surface area contributed by atoms with Crippen LogP contribution in [0.25, 0.3) is 0 Å². The van der Waals surface area contributed by atoms with Gasteiger partial charge in [0.05, 0.1) is 12.0 Å². The van der Waals surface area contributed by atoms with Gasteiger partial charge >= 0.3 is 5.97 Å². The molecule has 2 aliphatic heterocycles. The van der Waals surface area contributed by atoms with Crippen LogP contribution in [0.2, 0.25) is 5.02 Å². The molecule has 1 unspecified atom stereocenters. The normalized spacial score (nSPS) is 25.2. The van der Waals surface area contributed by atoms with Crippen molar-refractivity contribution in [3.8, 4) is 0 Å². The minimum Gasteiger partial charge on any atom is -0.481 e. The fourth-order valence-electron chi connectivity index (χ4n) is 4.11. The van der Waals surface area contributed by atoms with E-state index < -0.39 is 16.8 Å². The first kappa shape index (κ1) is 19.1. The van der Waals surface area contributed by atoms with Crippen LogP contribution in [0.3, 0.4) is 0 Å². The standard InChI is InChI=1S/C19H24ClNO5/c1-25-13-18(17(23)24)5-8-21(12-18)16(22)19(6-9-26-10-7-19)14-3-2-4-15(20)11-14/h2-4,11H,5-10,12-13H2,1H3,(H,23,24). The molecule has 6 nitrogen and oxygen atoms in total. The van der Waals surface area contributed by atoms with E-state index in [0.717, 1.165) is 5.56 Å². The average Bonchev–Trinajstić information content (AvgIpc) is 3.07. The summed E-state index contributed by atoms with van der Waals surface area (Å²) in [6.07, 6.45) is 1.52. The van der Waals surface area contributed by atoms with Gasteiger partial charge in [-0.25, -0.2) is 0 Å². The number of methoxy groups -OCH3 is 1. The van der Waals surface area contributed by atoms with Crippen molar-refractivity contribution in [1.82, 2.24) is 4.90 Å². The second-order valence-corrected chi connectivity index (χ2v) is 7.64. The fraction of sp³-hybridized carbons (Fsp3) is 0.579. The molecule has 0 aliphatic carbocycles. The highest BCUT2D eigenvalue weighted by molar-refractivity contribution is 6.30. The topological polar surface area (TPSA) is 76.1 Å². The van der Waals surface area contributed by atoms with E-state index in [1.54, 1.807) is 11.0 Å². The van der Waals surface area contributed by atoms with Crippen LogP contribution in [0, 0.1) is 5.41 Å². The quantitative estimate of drug-likeness (QED) is 0.847. The molecule has 1 amide bonds. The highest BCUT2D eigenvalue weighted by Crippen LogP contribution is 2.41. The van der Waals surface area contributed by atoms with E-state index in [2.05, 4.69) is 0 Å². The van der Waals surface area contributed by atoms with E-state index in [-0.39, 0.29) is 19.1 Å². The van der Waals surface area contributed by atoms with Gasteiger partial charge in [-0.05, 0) is 37.0 Å². The minimum absolute atomic E-state index is 0.0395. The van der Waals surface area contributed by atoms with Crippen LogP contribution in [0.1, 0.15) is 24.8 Å². The Morgan fingerprint density at radius 1 is 1.31 bits per heavy atom. The van der Waals surface area contributed by atoms with Crippen molar-refractivity contribution in [2.24, 2.45) is 5.41 Å². The number of carbonyl (C=O) groups excluding carboxylic acids is 1. The summed E-state index contributed by atoms with van der Waals surface area (Å²) in [5.74, 6) is -0.958. The summed E-state index contributed by atoms with van der Waals surface area (Å²) < 4.78 is 10.6. The van der Waals surface area contributed by atoms with Gasteiger partial charge in [-0.1, -0.05) is 23.7 Å². The molecule has 3 rings (SSSR count). The SMILES string of the molecule is COCC1(C(=O)O)CCN(C(=O)C2(c3cccc(Cl)c3)CCOCC2)C1. The van der Waals surface area contributed by atoms with Crippen molar-refractivity contribution < 1.29 is 24.2 Å². The van der Waals surface area contributed by atoms with Crippen LogP contribution < -0.4 is 0 Å². The number of ether oxygens (including phenoxy) is 2. The van der Waals surface area contributed by atoms with Crippen molar-refractivity contribution in [3.63, 3.8) is 0 Å². The molecule has 26 heavy (non-hydrogen) atoms. The maximum atomic E-state index is 13.5. The van der Waals surface area contributed by atoms with Crippen molar-refractivity contribution in [2.75, 3.05) is 40.0 Å². The molecular weight excluding hydrogens is 358 g/mol. The van der Waals surface area contributed by atoms with Crippen molar-refractivity contribution in [3.05, 3.63) is 34.9 Å². The predicted octanol–water partition coefficient (Wildman–Crippen LogP) is 2.34. The molecule has 2 aliphatic rings. The van der Waals surface area contributed by atoms with Gasteiger partial charge < -0.3 is 19.5 Å². The van der Waals surface area contributed by atoms with E-state index in [9.17, 15) is 14.7 Å². The zero-order valence-corrected chi connectivity index (χ0v) is 15.6. The third-order valence-electron chi connectivity index (χ3n) is 5.65. The van der Waals surface area contributed by atoms with Crippen LogP contribution >= 0.6 is 11.6 Å². The monoisotopic (exact) mass is 381 g/mol. The van der Waals surface area contributed by atoms with Gasteiger partial charge in [0.1, 0.15) is 5.41 Å². The number of hydrogen-bond acceptors (Lipinski definition) is 4. The first-order valence-electron chi connectivity index (χ1n) is 8.79. The molecule has 1 atom stereocenters. The zero-order valence-electron chi connectivity index (χ0n) is 14.9. The molecule has 0 aromatic heterocycles. The number of aliphatic carboxylic acids is 1. The minimum atomic E-state index is -1.04.